The first-order chi connectivity index (χ1) is 11.7. The highest BCUT2D eigenvalue weighted by Crippen LogP contribution is 2.37. The molecule has 0 unspecified atom stereocenters. The third-order valence-corrected chi connectivity index (χ3v) is 5.83. The first-order valence-electron chi connectivity index (χ1n) is 8.24. The van der Waals surface area contributed by atoms with Gasteiger partial charge in [0, 0.05) is 23.7 Å². The minimum absolute atomic E-state index is 0.322. The quantitative estimate of drug-likeness (QED) is 0.505. The van der Waals surface area contributed by atoms with Crippen LogP contribution in [-0.2, 0) is 0 Å². The lowest BCUT2D eigenvalue weighted by Crippen LogP contribution is -2.08. The van der Waals surface area contributed by atoms with Crippen LogP contribution in [0.2, 0.25) is 0 Å². The van der Waals surface area contributed by atoms with E-state index in [1.54, 1.807) is 12.4 Å². The molecule has 1 saturated carbocycles. The number of rotatable bonds is 3. The maximum absolute atomic E-state index is 12.5. The molecule has 0 amide bonds. The van der Waals surface area contributed by atoms with E-state index in [1.807, 2.05) is 31.2 Å². The number of benzene rings is 1. The molecule has 122 valence electrons. The smallest absolute Gasteiger partial charge is 0.355 e. The number of fused-ring (bicyclic) bond motifs is 1. The van der Waals surface area contributed by atoms with Crippen LogP contribution in [0.5, 0.6) is 5.75 Å². The van der Waals surface area contributed by atoms with Crippen LogP contribution in [0.25, 0.3) is 10.8 Å². The van der Waals surface area contributed by atoms with Gasteiger partial charge in [-0.2, -0.15) is 0 Å². The van der Waals surface area contributed by atoms with Crippen molar-refractivity contribution in [3.05, 3.63) is 52.2 Å². The molecule has 0 N–H and O–H groups in total. The Bertz CT molecular complexity index is 897. The molecule has 0 bridgehead atoms. The van der Waals surface area contributed by atoms with E-state index in [-0.39, 0.29) is 5.97 Å². The lowest BCUT2D eigenvalue weighted by Gasteiger charge is -2.05. The second-order valence-corrected chi connectivity index (χ2v) is 7.25. The second-order valence-electron chi connectivity index (χ2n) is 6.22. The van der Waals surface area contributed by atoms with Crippen molar-refractivity contribution in [3.63, 3.8) is 0 Å². The molecule has 5 heteroatoms. The summed E-state index contributed by atoms with van der Waals surface area (Å²) in [6.45, 7) is 1.88. The molecule has 24 heavy (non-hydrogen) atoms. The van der Waals surface area contributed by atoms with E-state index in [0.717, 1.165) is 21.5 Å². The number of esters is 1. The molecule has 1 aliphatic carbocycles. The van der Waals surface area contributed by atoms with Crippen LogP contribution in [0.3, 0.4) is 0 Å². The largest absolute Gasteiger partial charge is 0.422 e. The van der Waals surface area contributed by atoms with E-state index in [1.165, 1.54) is 37.0 Å². The Morgan fingerprint density at radius 2 is 2.04 bits per heavy atom. The van der Waals surface area contributed by atoms with Crippen molar-refractivity contribution >= 4 is 28.1 Å². The van der Waals surface area contributed by atoms with E-state index in [4.69, 9.17) is 4.74 Å². The molecule has 0 radical (unpaired) electrons. The summed E-state index contributed by atoms with van der Waals surface area (Å²) in [5.41, 5.74) is 0.773. The van der Waals surface area contributed by atoms with Crippen molar-refractivity contribution in [1.29, 1.82) is 0 Å². The number of thiazole rings is 1. The van der Waals surface area contributed by atoms with Crippen molar-refractivity contribution in [2.75, 3.05) is 0 Å². The zero-order chi connectivity index (χ0) is 16.5. The molecular formula is C19H18N2O2S. The van der Waals surface area contributed by atoms with Gasteiger partial charge in [-0.1, -0.05) is 18.9 Å². The number of nitrogens with zero attached hydrogens (tertiary/aromatic N) is 2. The van der Waals surface area contributed by atoms with E-state index in [2.05, 4.69) is 9.97 Å². The third kappa shape index (κ3) is 2.91. The summed E-state index contributed by atoms with van der Waals surface area (Å²) in [5, 5.41) is 3.11. The van der Waals surface area contributed by atoms with Crippen LogP contribution >= 0.6 is 11.3 Å². The molecule has 4 rings (SSSR count). The minimum Gasteiger partial charge on any atom is -0.422 e. The van der Waals surface area contributed by atoms with Crippen molar-refractivity contribution in [2.24, 2.45) is 0 Å². The Balaban J connectivity index is 1.56. The predicted molar refractivity (Wildman–Crippen MR) is 94.8 cm³/mol. The van der Waals surface area contributed by atoms with Gasteiger partial charge in [0.2, 0.25) is 0 Å². The maximum atomic E-state index is 12.5. The predicted octanol–water partition coefficient (Wildman–Crippen LogP) is 4.88. The number of carbonyl (C=O) groups excluding carboxylic acids is 1. The van der Waals surface area contributed by atoms with E-state index < -0.39 is 0 Å². The maximum Gasteiger partial charge on any atom is 0.355 e. The Morgan fingerprint density at radius 1 is 1.21 bits per heavy atom. The van der Waals surface area contributed by atoms with Gasteiger partial charge in [-0.15, -0.1) is 11.3 Å². The Labute approximate surface area is 144 Å². The number of aromatic nitrogens is 2. The first-order valence-corrected chi connectivity index (χ1v) is 9.05. The highest BCUT2D eigenvalue weighted by atomic mass is 32.1. The molecule has 1 aromatic carbocycles. The van der Waals surface area contributed by atoms with Gasteiger partial charge in [-0.25, -0.2) is 9.78 Å². The van der Waals surface area contributed by atoms with Gasteiger partial charge in [-0.3, -0.25) is 4.98 Å². The molecule has 0 aliphatic heterocycles. The van der Waals surface area contributed by atoms with Crippen LogP contribution < -0.4 is 4.74 Å². The van der Waals surface area contributed by atoms with Gasteiger partial charge >= 0.3 is 5.97 Å². The molecule has 2 aromatic heterocycles. The van der Waals surface area contributed by atoms with E-state index >= 15 is 0 Å². The topological polar surface area (TPSA) is 52.1 Å². The average molecular weight is 338 g/mol. The number of pyridine rings is 1. The Hall–Kier alpha value is -2.27. The number of hydrogen-bond donors (Lipinski definition) is 0. The molecule has 1 fully saturated rings. The van der Waals surface area contributed by atoms with Crippen LogP contribution in [0.15, 0.2) is 36.7 Å². The zero-order valence-electron chi connectivity index (χ0n) is 13.5. The summed E-state index contributed by atoms with van der Waals surface area (Å²) in [5.74, 6) is 0.732. The standard InChI is InChI=1S/C19H18N2O2S/c1-12-17(24-18(21-12)14-4-2-3-5-14)19(22)23-16-7-6-13-8-9-20-11-15(13)10-16/h6-11,14H,2-5H2,1H3. The van der Waals surface area contributed by atoms with Gasteiger partial charge in [-0.05, 0) is 43.4 Å². The Morgan fingerprint density at radius 3 is 2.88 bits per heavy atom. The van der Waals surface area contributed by atoms with Crippen LogP contribution in [0.4, 0.5) is 0 Å². The minimum atomic E-state index is -0.322. The summed E-state index contributed by atoms with van der Waals surface area (Å²) >= 11 is 1.49. The molecule has 2 heterocycles. The lowest BCUT2D eigenvalue weighted by atomic mass is 10.1. The molecule has 3 aromatic rings. The average Bonchev–Trinajstić information content (AvgIpc) is 3.24. The van der Waals surface area contributed by atoms with E-state index in [0.29, 0.717) is 16.5 Å². The van der Waals surface area contributed by atoms with Crippen LogP contribution in [0, 0.1) is 6.92 Å². The zero-order valence-corrected chi connectivity index (χ0v) is 14.3. The van der Waals surface area contributed by atoms with Crippen molar-refractivity contribution in [2.45, 2.75) is 38.5 Å². The second kappa shape index (κ2) is 6.32. The first kappa shape index (κ1) is 15.3. The van der Waals surface area contributed by atoms with Gasteiger partial charge in [0.05, 0.1) is 10.7 Å². The fourth-order valence-corrected chi connectivity index (χ4v) is 4.35. The number of ether oxygens (including phenoxy) is 1. The van der Waals surface area contributed by atoms with Gasteiger partial charge < -0.3 is 4.74 Å². The van der Waals surface area contributed by atoms with Gasteiger partial charge in [0.25, 0.3) is 0 Å². The molecule has 4 nitrogen and oxygen atoms in total. The lowest BCUT2D eigenvalue weighted by molar-refractivity contribution is 0.0739. The third-order valence-electron chi connectivity index (χ3n) is 4.53. The number of hydrogen-bond acceptors (Lipinski definition) is 5. The summed E-state index contributed by atoms with van der Waals surface area (Å²) in [6, 6.07) is 7.52. The normalized spacial score (nSPS) is 15.0. The fourth-order valence-electron chi connectivity index (χ4n) is 3.23. The highest BCUT2D eigenvalue weighted by Gasteiger charge is 2.24. The van der Waals surface area contributed by atoms with Crippen LogP contribution in [-0.4, -0.2) is 15.9 Å². The number of aryl methyl sites for hydroxylation is 1. The SMILES string of the molecule is Cc1nc(C2CCCC2)sc1C(=O)Oc1ccc2ccncc2c1. The van der Waals surface area contributed by atoms with Gasteiger partial charge in [0.1, 0.15) is 10.6 Å². The molecular weight excluding hydrogens is 320 g/mol. The van der Waals surface area contributed by atoms with Gasteiger partial charge in [0.15, 0.2) is 0 Å². The Kier molecular flexibility index (Phi) is 4.02. The molecule has 0 spiro atoms. The molecule has 1 aliphatic rings. The van der Waals surface area contributed by atoms with E-state index in [9.17, 15) is 4.79 Å². The summed E-state index contributed by atoms with van der Waals surface area (Å²) in [4.78, 5) is 21.9. The van der Waals surface area contributed by atoms with Crippen molar-refractivity contribution in [3.8, 4) is 5.75 Å². The summed E-state index contributed by atoms with van der Waals surface area (Å²) in [7, 11) is 0. The molecule has 0 atom stereocenters. The monoisotopic (exact) mass is 338 g/mol. The van der Waals surface area contributed by atoms with Crippen molar-refractivity contribution < 1.29 is 9.53 Å². The van der Waals surface area contributed by atoms with Crippen molar-refractivity contribution in [1.82, 2.24) is 9.97 Å². The number of carbonyl (C=O) groups is 1. The summed E-state index contributed by atoms with van der Waals surface area (Å²) < 4.78 is 5.57. The summed E-state index contributed by atoms with van der Waals surface area (Å²) in [6.07, 6.45) is 8.39. The fraction of sp³-hybridized carbons (Fsp3) is 0.316. The van der Waals surface area contributed by atoms with Crippen LogP contribution in [0.1, 0.15) is 52.0 Å². The molecule has 0 saturated heterocycles. The highest BCUT2D eigenvalue weighted by molar-refractivity contribution is 7.13.